The van der Waals surface area contributed by atoms with Crippen LogP contribution in [0.1, 0.15) is 17.2 Å². The topological polar surface area (TPSA) is 30.5 Å². The normalized spacial score (nSPS) is 21.5. The summed E-state index contributed by atoms with van der Waals surface area (Å²) in [5, 5.41) is 3.09. The van der Waals surface area contributed by atoms with Crippen molar-refractivity contribution in [1.82, 2.24) is 5.32 Å². The highest BCUT2D eigenvalue weighted by Crippen LogP contribution is 2.37. The first-order valence-electron chi connectivity index (χ1n) is 6.49. The Morgan fingerprint density at radius 3 is 2.53 bits per heavy atom. The maximum absolute atomic E-state index is 6.05. The SMILES string of the molecule is CNC[C@H]1Oc2ccccc2[C@H](c2ccccc2)O1. The highest BCUT2D eigenvalue weighted by atomic mass is 16.7. The summed E-state index contributed by atoms with van der Waals surface area (Å²) < 4.78 is 11.9. The van der Waals surface area contributed by atoms with Gasteiger partial charge in [-0.15, -0.1) is 0 Å². The van der Waals surface area contributed by atoms with E-state index >= 15 is 0 Å². The van der Waals surface area contributed by atoms with Crippen molar-refractivity contribution in [3.05, 3.63) is 65.7 Å². The van der Waals surface area contributed by atoms with E-state index in [2.05, 4.69) is 23.5 Å². The summed E-state index contributed by atoms with van der Waals surface area (Å²) in [5.41, 5.74) is 2.24. The molecule has 19 heavy (non-hydrogen) atoms. The summed E-state index contributed by atoms with van der Waals surface area (Å²) in [5.74, 6) is 0.905. The summed E-state index contributed by atoms with van der Waals surface area (Å²) in [4.78, 5) is 0. The van der Waals surface area contributed by atoms with E-state index in [0.717, 1.165) is 16.9 Å². The molecule has 0 unspecified atom stereocenters. The van der Waals surface area contributed by atoms with Crippen LogP contribution in [0.15, 0.2) is 54.6 Å². The number of rotatable bonds is 3. The molecule has 2 aromatic carbocycles. The molecule has 98 valence electrons. The van der Waals surface area contributed by atoms with Gasteiger partial charge in [0.1, 0.15) is 11.9 Å². The van der Waals surface area contributed by atoms with Gasteiger partial charge < -0.3 is 14.8 Å². The van der Waals surface area contributed by atoms with E-state index < -0.39 is 0 Å². The summed E-state index contributed by atoms with van der Waals surface area (Å²) in [7, 11) is 1.89. The van der Waals surface area contributed by atoms with Gasteiger partial charge in [0, 0.05) is 5.56 Å². The zero-order valence-electron chi connectivity index (χ0n) is 10.9. The van der Waals surface area contributed by atoms with Crippen LogP contribution < -0.4 is 10.1 Å². The molecular formula is C16H17NO2. The van der Waals surface area contributed by atoms with Crippen molar-refractivity contribution in [2.24, 2.45) is 0 Å². The number of hydrogen-bond acceptors (Lipinski definition) is 3. The molecule has 0 amide bonds. The number of nitrogens with one attached hydrogen (secondary N) is 1. The van der Waals surface area contributed by atoms with E-state index in [9.17, 15) is 0 Å². The third-order valence-electron chi connectivity index (χ3n) is 3.22. The lowest BCUT2D eigenvalue weighted by molar-refractivity contribution is -0.123. The van der Waals surface area contributed by atoms with Gasteiger partial charge in [-0.1, -0.05) is 48.5 Å². The zero-order valence-corrected chi connectivity index (χ0v) is 10.9. The molecule has 3 nitrogen and oxygen atoms in total. The lowest BCUT2D eigenvalue weighted by atomic mass is 9.99. The number of benzene rings is 2. The van der Waals surface area contributed by atoms with Crippen LogP contribution >= 0.6 is 0 Å². The second kappa shape index (κ2) is 5.43. The minimum Gasteiger partial charge on any atom is -0.463 e. The second-order valence-electron chi connectivity index (χ2n) is 4.57. The predicted molar refractivity (Wildman–Crippen MR) is 74.2 cm³/mol. The Hall–Kier alpha value is -1.84. The summed E-state index contributed by atoms with van der Waals surface area (Å²) in [6.45, 7) is 0.664. The lowest BCUT2D eigenvalue weighted by Gasteiger charge is -2.32. The molecule has 0 spiro atoms. The van der Waals surface area contributed by atoms with Crippen LogP contribution in [0.5, 0.6) is 5.75 Å². The van der Waals surface area contributed by atoms with E-state index in [1.165, 1.54) is 0 Å². The molecule has 0 aliphatic carbocycles. The third-order valence-corrected chi connectivity index (χ3v) is 3.22. The van der Waals surface area contributed by atoms with Crippen molar-refractivity contribution < 1.29 is 9.47 Å². The first kappa shape index (κ1) is 12.2. The summed E-state index contributed by atoms with van der Waals surface area (Å²) in [6.07, 6.45) is -0.324. The first-order valence-corrected chi connectivity index (χ1v) is 6.49. The largest absolute Gasteiger partial charge is 0.463 e. The average molecular weight is 255 g/mol. The Bertz CT molecular complexity index is 541. The van der Waals surface area contributed by atoms with Crippen molar-refractivity contribution in [2.75, 3.05) is 13.6 Å². The Kier molecular flexibility index (Phi) is 3.49. The van der Waals surface area contributed by atoms with Crippen LogP contribution in [0.3, 0.4) is 0 Å². The maximum Gasteiger partial charge on any atom is 0.213 e. The highest BCUT2D eigenvalue weighted by molar-refractivity contribution is 5.41. The van der Waals surface area contributed by atoms with Gasteiger partial charge in [0.15, 0.2) is 0 Å². The molecule has 1 aliphatic heterocycles. The number of ether oxygens (including phenoxy) is 2. The van der Waals surface area contributed by atoms with Crippen LogP contribution in [0.4, 0.5) is 0 Å². The first-order chi connectivity index (χ1) is 9.38. The molecule has 0 fully saturated rings. The van der Waals surface area contributed by atoms with Crippen molar-refractivity contribution in [3.8, 4) is 5.75 Å². The molecule has 1 N–H and O–H groups in total. The summed E-state index contributed by atoms with van der Waals surface area (Å²) >= 11 is 0. The van der Waals surface area contributed by atoms with Crippen LogP contribution in [-0.4, -0.2) is 19.9 Å². The van der Waals surface area contributed by atoms with Gasteiger partial charge in [-0.3, -0.25) is 0 Å². The fourth-order valence-corrected chi connectivity index (χ4v) is 2.34. The van der Waals surface area contributed by atoms with Crippen LogP contribution in [-0.2, 0) is 4.74 Å². The molecule has 2 atom stereocenters. The van der Waals surface area contributed by atoms with Gasteiger partial charge in [-0.2, -0.15) is 0 Å². The van der Waals surface area contributed by atoms with Crippen molar-refractivity contribution in [2.45, 2.75) is 12.4 Å². The molecular weight excluding hydrogens is 238 g/mol. The molecule has 1 aliphatic rings. The summed E-state index contributed by atoms with van der Waals surface area (Å²) in [6, 6.07) is 18.3. The molecule has 2 aromatic rings. The fourth-order valence-electron chi connectivity index (χ4n) is 2.34. The van der Waals surface area contributed by atoms with E-state index in [1.54, 1.807) is 0 Å². The van der Waals surface area contributed by atoms with Gasteiger partial charge >= 0.3 is 0 Å². The van der Waals surface area contributed by atoms with Gasteiger partial charge in [0.2, 0.25) is 6.29 Å². The number of likely N-dealkylation sites (N-methyl/N-ethyl adjacent to an activating group) is 1. The van der Waals surface area contributed by atoms with Crippen LogP contribution in [0, 0.1) is 0 Å². The smallest absolute Gasteiger partial charge is 0.213 e. The predicted octanol–water partition coefficient (Wildman–Crippen LogP) is 2.73. The third kappa shape index (κ3) is 2.48. The molecule has 1 heterocycles. The van der Waals surface area contributed by atoms with Crippen molar-refractivity contribution >= 4 is 0 Å². The van der Waals surface area contributed by atoms with Crippen molar-refractivity contribution in [1.29, 1.82) is 0 Å². The van der Waals surface area contributed by atoms with E-state index in [4.69, 9.17) is 9.47 Å². The minimum absolute atomic E-state index is 0.0653. The van der Waals surface area contributed by atoms with Gasteiger partial charge in [-0.25, -0.2) is 0 Å². The second-order valence-corrected chi connectivity index (χ2v) is 4.57. The van der Waals surface area contributed by atoms with Crippen molar-refractivity contribution in [3.63, 3.8) is 0 Å². The Balaban J connectivity index is 1.98. The number of para-hydroxylation sites is 1. The Morgan fingerprint density at radius 1 is 1.00 bits per heavy atom. The van der Waals surface area contributed by atoms with Gasteiger partial charge in [0.25, 0.3) is 0 Å². The van der Waals surface area contributed by atoms with Gasteiger partial charge in [-0.05, 0) is 18.7 Å². The highest BCUT2D eigenvalue weighted by Gasteiger charge is 2.29. The zero-order chi connectivity index (χ0) is 13.1. The van der Waals surface area contributed by atoms with E-state index in [1.807, 2.05) is 43.4 Å². The monoisotopic (exact) mass is 255 g/mol. The fraction of sp³-hybridized carbons (Fsp3) is 0.250. The molecule has 0 saturated carbocycles. The standard InChI is InChI=1S/C16H17NO2/c1-17-11-15-18-14-10-6-5-9-13(14)16(19-15)12-7-3-2-4-8-12/h2-10,15-17H,11H2,1H3/t15-,16-/m0/s1. The van der Waals surface area contributed by atoms with E-state index in [-0.39, 0.29) is 12.4 Å². The Morgan fingerprint density at radius 2 is 1.74 bits per heavy atom. The van der Waals surface area contributed by atoms with Crippen LogP contribution in [0.25, 0.3) is 0 Å². The average Bonchev–Trinajstić information content (AvgIpc) is 2.48. The molecule has 0 saturated heterocycles. The molecule has 0 bridgehead atoms. The maximum atomic E-state index is 6.05. The Labute approximate surface area is 113 Å². The molecule has 0 aromatic heterocycles. The number of hydrogen-bond donors (Lipinski definition) is 1. The minimum atomic E-state index is -0.259. The molecule has 3 heteroatoms. The lowest BCUT2D eigenvalue weighted by Crippen LogP contribution is -2.36. The van der Waals surface area contributed by atoms with E-state index in [0.29, 0.717) is 6.54 Å². The van der Waals surface area contributed by atoms with Gasteiger partial charge in [0.05, 0.1) is 6.54 Å². The molecule has 3 rings (SSSR count). The van der Waals surface area contributed by atoms with Crippen LogP contribution in [0.2, 0.25) is 0 Å². The quantitative estimate of drug-likeness (QED) is 0.914. The molecule has 0 radical (unpaired) electrons. The number of fused-ring (bicyclic) bond motifs is 1.